The molecule has 0 aliphatic rings. The maximum Gasteiger partial charge on any atom is 0.333 e. The second kappa shape index (κ2) is 4.72. The van der Waals surface area contributed by atoms with Crippen molar-refractivity contribution in [1.29, 1.82) is 0 Å². The van der Waals surface area contributed by atoms with Crippen LogP contribution in [0.1, 0.15) is 20.8 Å². The van der Waals surface area contributed by atoms with Crippen LogP contribution >= 0.6 is 0 Å². The Hall–Kier alpha value is -1.05. The molecule has 0 aromatic carbocycles. The second-order valence-electron chi connectivity index (χ2n) is 2.35. The lowest BCUT2D eigenvalue weighted by Gasteiger charge is -1.97. The van der Waals surface area contributed by atoms with Crippen LogP contribution in [0, 0.1) is 0 Å². The summed E-state index contributed by atoms with van der Waals surface area (Å²) in [6, 6.07) is 0. The molecule has 0 heterocycles. The number of carbonyl (C=O) groups is 1. The van der Waals surface area contributed by atoms with Crippen LogP contribution < -0.4 is 0 Å². The van der Waals surface area contributed by atoms with Crippen LogP contribution in [0.4, 0.5) is 0 Å². The fourth-order valence-corrected chi connectivity index (χ4v) is 0.645. The minimum Gasteiger partial charge on any atom is -0.466 e. The summed E-state index contributed by atoms with van der Waals surface area (Å²) >= 11 is 0. The molecule has 0 fully saturated rings. The number of hydrogen-bond acceptors (Lipinski definition) is 2. The number of esters is 1. The number of methoxy groups -OCH3 is 1. The van der Waals surface area contributed by atoms with E-state index < -0.39 is 0 Å². The molecule has 0 aliphatic carbocycles. The number of rotatable bonds is 2. The first-order chi connectivity index (χ1) is 5.11. The topological polar surface area (TPSA) is 26.3 Å². The molecule has 2 heteroatoms. The van der Waals surface area contributed by atoms with Crippen molar-refractivity contribution < 1.29 is 9.53 Å². The predicted molar refractivity (Wildman–Crippen MR) is 45.2 cm³/mol. The summed E-state index contributed by atoms with van der Waals surface area (Å²) in [4.78, 5) is 10.8. The van der Waals surface area contributed by atoms with E-state index in [0.29, 0.717) is 5.57 Å². The largest absolute Gasteiger partial charge is 0.466 e. The molecule has 0 aromatic heterocycles. The van der Waals surface area contributed by atoms with E-state index in [1.54, 1.807) is 13.0 Å². The van der Waals surface area contributed by atoms with Crippen molar-refractivity contribution in [3.8, 4) is 0 Å². The Kier molecular flexibility index (Phi) is 4.27. The van der Waals surface area contributed by atoms with Crippen LogP contribution in [0.5, 0.6) is 0 Å². The van der Waals surface area contributed by atoms with E-state index in [2.05, 4.69) is 4.74 Å². The average Bonchev–Trinajstić information content (AvgIpc) is 2.02. The molecule has 0 saturated carbocycles. The third-order valence-corrected chi connectivity index (χ3v) is 1.41. The van der Waals surface area contributed by atoms with Gasteiger partial charge in [-0.05, 0) is 26.8 Å². The number of ether oxygens (including phenoxy) is 1. The first-order valence-corrected chi connectivity index (χ1v) is 3.51. The summed E-state index contributed by atoms with van der Waals surface area (Å²) in [6.07, 6.45) is 3.73. The van der Waals surface area contributed by atoms with E-state index in [9.17, 15) is 4.79 Å². The Labute approximate surface area is 67.6 Å². The van der Waals surface area contributed by atoms with Gasteiger partial charge in [-0.15, -0.1) is 0 Å². The lowest BCUT2D eigenvalue weighted by Crippen LogP contribution is -2.01. The molecule has 0 N–H and O–H groups in total. The van der Waals surface area contributed by atoms with Crippen LogP contribution in [-0.2, 0) is 9.53 Å². The van der Waals surface area contributed by atoms with Crippen molar-refractivity contribution in [2.24, 2.45) is 0 Å². The maximum absolute atomic E-state index is 10.8. The van der Waals surface area contributed by atoms with Crippen molar-refractivity contribution in [1.82, 2.24) is 0 Å². The van der Waals surface area contributed by atoms with Crippen molar-refractivity contribution in [2.75, 3.05) is 7.11 Å². The van der Waals surface area contributed by atoms with Gasteiger partial charge in [0.2, 0.25) is 0 Å². The van der Waals surface area contributed by atoms with Gasteiger partial charge in [0.1, 0.15) is 0 Å². The highest BCUT2D eigenvalue weighted by atomic mass is 16.5. The summed E-state index contributed by atoms with van der Waals surface area (Å²) in [7, 11) is 1.38. The van der Waals surface area contributed by atoms with Gasteiger partial charge in [0.25, 0.3) is 0 Å². The van der Waals surface area contributed by atoms with E-state index >= 15 is 0 Å². The summed E-state index contributed by atoms with van der Waals surface area (Å²) in [5.74, 6) is -0.272. The van der Waals surface area contributed by atoms with E-state index in [1.165, 1.54) is 7.11 Å². The van der Waals surface area contributed by atoms with Gasteiger partial charge < -0.3 is 4.74 Å². The molecule has 0 saturated heterocycles. The first kappa shape index (κ1) is 9.95. The molecule has 0 radical (unpaired) electrons. The van der Waals surface area contributed by atoms with Crippen LogP contribution in [0.15, 0.2) is 23.3 Å². The Morgan fingerprint density at radius 3 is 2.27 bits per heavy atom. The molecule has 2 nitrogen and oxygen atoms in total. The van der Waals surface area contributed by atoms with E-state index in [0.717, 1.165) is 5.57 Å². The van der Waals surface area contributed by atoms with Crippen molar-refractivity contribution in [3.63, 3.8) is 0 Å². The van der Waals surface area contributed by atoms with Gasteiger partial charge >= 0.3 is 5.97 Å². The smallest absolute Gasteiger partial charge is 0.333 e. The molecule has 0 atom stereocenters. The highest BCUT2D eigenvalue weighted by Crippen LogP contribution is 2.02. The fraction of sp³-hybridized carbons (Fsp3) is 0.444. The lowest BCUT2D eigenvalue weighted by molar-refractivity contribution is -0.136. The van der Waals surface area contributed by atoms with Gasteiger partial charge in [-0.1, -0.05) is 11.6 Å². The molecule has 0 rings (SSSR count). The van der Waals surface area contributed by atoms with E-state index in [-0.39, 0.29) is 5.97 Å². The van der Waals surface area contributed by atoms with Crippen molar-refractivity contribution in [3.05, 3.63) is 23.3 Å². The third-order valence-electron chi connectivity index (χ3n) is 1.41. The fourth-order valence-electron chi connectivity index (χ4n) is 0.645. The minimum absolute atomic E-state index is 0.272. The third kappa shape index (κ3) is 3.61. The molecule has 0 aromatic rings. The second-order valence-corrected chi connectivity index (χ2v) is 2.35. The Bertz CT molecular complexity index is 200. The van der Waals surface area contributed by atoms with Gasteiger partial charge in [-0.25, -0.2) is 4.79 Å². The maximum atomic E-state index is 10.8. The summed E-state index contributed by atoms with van der Waals surface area (Å²) in [6.45, 7) is 5.60. The van der Waals surface area contributed by atoms with Crippen LogP contribution in [-0.4, -0.2) is 13.1 Å². The Balaban J connectivity index is 4.34. The first-order valence-electron chi connectivity index (χ1n) is 3.51. The quantitative estimate of drug-likeness (QED) is 0.346. The van der Waals surface area contributed by atoms with Crippen LogP contribution in [0.25, 0.3) is 0 Å². The summed E-state index contributed by atoms with van der Waals surface area (Å²) in [5, 5.41) is 0. The monoisotopic (exact) mass is 154 g/mol. The number of carbonyl (C=O) groups excluding carboxylic acids is 1. The molecule has 0 amide bonds. The SMILES string of the molecule is CC=C(C)C=C(C)C(=O)OC. The van der Waals surface area contributed by atoms with Gasteiger partial charge in [-0.2, -0.15) is 0 Å². The molecular formula is C9H14O2. The molecule has 0 bridgehead atoms. The highest BCUT2D eigenvalue weighted by molar-refractivity contribution is 5.88. The van der Waals surface area contributed by atoms with Gasteiger partial charge in [0.15, 0.2) is 0 Å². The van der Waals surface area contributed by atoms with Crippen LogP contribution in [0.3, 0.4) is 0 Å². The Morgan fingerprint density at radius 1 is 1.36 bits per heavy atom. The lowest BCUT2D eigenvalue weighted by atomic mass is 10.2. The number of hydrogen-bond donors (Lipinski definition) is 0. The molecule has 0 spiro atoms. The summed E-state index contributed by atoms with van der Waals surface area (Å²) in [5.41, 5.74) is 1.69. The van der Waals surface area contributed by atoms with Gasteiger partial charge in [0, 0.05) is 5.57 Å². The number of allylic oxidation sites excluding steroid dienone is 3. The van der Waals surface area contributed by atoms with E-state index in [4.69, 9.17) is 0 Å². The highest BCUT2D eigenvalue weighted by Gasteiger charge is 2.01. The van der Waals surface area contributed by atoms with Crippen LogP contribution in [0.2, 0.25) is 0 Å². The van der Waals surface area contributed by atoms with Gasteiger partial charge in [-0.3, -0.25) is 0 Å². The zero-order chi connectivity index (χ0) is 8.85. The standard InChI is InChI=1S/C9H14O2/c1-5-7(2)6-8(3)9(10)11-4/h5-6H,1-4H3. The van der Waals surface area contributed by atoms with E-state index in [1.807, 2.05) is 19.9 Å². The van der Waals surface area contributed by atoms with Crippen molar-refractivity contribution >= 4 is 5.97 Å². The predicted octanol–water partition coefficient (Wildman–Crippen LogP) is 2.07. The molecule has 11 heavy (non-hydrogen) atoms. The van der Waals surface area contributed by atoms with Gasteiger partial charge in [0.05, 0.1) is 7.11 Å². The Morgan fingerprint density at radius 2 is 1.91 bits per heavy atom. The van der Waals surface area contributed by atoms with Crippen molar-refractivity contribution in [2.45, 2.75) is 20.8 Å². The zero-order valence-corrected chi connectivity index (χ0v) is 7.47. The summed E-state index contributed by atoms with van der Waals surface area (Å²) < 4.78 is 4.52. The average molecular weight is 154 g/mol. The molecular weight excluding hydrogens is 140 g/mol. The molecule has 0 aliphatic heterocycles. The normalized spacial score (nSPS) is 13.1. The molecule has 0 unspecified atom stereocenters. The zero-order valence-electron chi connectivity index (χ0n) is 7.47. The molecule has 62 valence electrons. The minimum atomic E-state index is -0.272.